The second-order valence-corrected chi connectivity index (χ2v) is 6.18. The van der Waals surface area contributed by atoms with E-state index < -0.39 is 0 Å². The number of hydrogen-bond donors (Lipinski definition) is 1. The van der Waals surface area contributed by atoms with E-state index in [-0.39, 0.29) is 11.6 Å². The van der Waals surface area contributed by atoms with Gasteiger partial charge in [0, 0.05) is 12.2 Å². The quantitative estimate of drug-likeness (QED) is 0.863. The van der Waals surface area contributed by atoms with Crippen LogP contribution in [0.3, 0.4) is 0 Å². The molecule has 0 radical (unpaired) electrons. The van der Waals surface area contributed by atoms with Gasteiger partial charge in [-0.3, -0.25) is 4.79 Å². The molecule has 21 heavy (non-hydrogen) atoms. The van der Waals surface area contributed by atoms with E-state index in [0.29, 0.717) is 16.8 Å². The first kappa shape index (κ1) is 15.7. The highest BCUT2D eigenvalue weighted by Gasteiger charge is 2.16. The number of hydrogen-bond acceptors (Lipinski definition) is 4. The minimum absolute atomic E-state index is 0.272. The molecule has 0 saturated carbocycles. The van der Waals surface area contributed by atoms with Crippen LogP contribution in [0, 0.1) is 13.8 Å². The van der Waals surface area contributed by atoms with E-state index in [1.807, 2.05) is 19.9 Å². The van der Waals surface area contributed by atoms with Gasteiger partial charge in [-0.25, -0.2) is 9.78 Å². The first-order chi connectivity index (χ1) is 10.0. The van der Waals surface area contributed by atoms with E-state index in [0.717, 1.165) is 42.1 Å². The molecular formula is C15H21N3O2S. The summed E-state index contributed by atoms with van der Waals surface area (Å²) in [7, 11) is 0. The van der Waals surface area contributed by atoms with Crippen LogP contribution in [0.15, 0.2) is 10.9 Å². The molecule has 2 heterocycles. The van der Waals surface area contributed by atoms with Crippen molar-refractivity contribution in [2.45, 2.75) is 46.5 Å². The Balaban J connectivity index is 2.15. The smallest absolute Gasteiger partial charge is 0.337 e. The highest BCUT2D eigenvalue weighted by molar-refractivity contribution is 7.14. The first-order valence-electron chi connectivity index (χ1n) is 7.33. The Morgan fingerprint density at radius 2 is 2.10 bits per heavy atom. The monoisotopic (exact) mass is 307 g/mol. The van der Waals surface area contributed by atoms with Crippen molar-refractivity contribution in [2.24, 2.45) is 0 Å². The summed E-state index contributed by atoms with van der Waals surface area (Å²) in [4.78, 5) is 29.4. The molecule has 6 heteroatoms. The van der Waals surface area contributed by atoms with Crippen LogP contribution in [-0.2, 0) is 0 Å². The molecule has 0 atom stereocenters. The Hall–Kier alpha value is -1.69. The molecule has 2 aromatic rings. The van der Waals surface area contributed by atoms with Gasteiger partial charge < -0.3 is 5.32 Å². The molecule has 0 aliphatic rings. The van der Waals surface area contributed by atoms with Crippen molar-refractivity contribution in [3.05, 3.63) is 27.7 Å². The lowest BCUT2D eigenvalue weighted by atomic mass is 10.2. The minimum atomic E-state index is -0.350. The molecule has 0 unspecified atom stereocenters. The van der Waals surface area contributed by atoms with Gasteiger partial charge in [0.2, 0.25) is 0 Å². The van der Waals surface area contributed by atoms with Gasteiger partial charge >= 0.3 is 6.03 Å². The van der Waals surface area contributed by atoms with E-state index in [1.54, 1.807) is 0 Å². The number of unbranched alkanes of at least 4 members (excludes halogenated alkanes) is 3. The van der Waals surface area contributed by atoms with Crippen LogP contribution in [0.25, 0.3) is 10.2 Å². The second kappa shape index (κ2) is 6.85. The summed E-state index contributed by atoms with van der Waals surface area (Å²) in [5, 5.41) is 3.35. The second-order valence-electron chi connectivity index (χ2n) is 5.24. The van der Waals surface area contributed by atoms with E-state index in [9.17, 15) is 9.59 Å². The highest BCUT2D eigenvalue weighted by atomic mass is 32.1. The topological polar surface area (TPSA) is 64.0 Å². The number of nitrogens with zero attached hydrogens (tertiary/aromatic N) is 2. The Morgan fingerprint density at radius 3 is 2.81 bits per heavy atom. The van der Waals surface area contributed by atoms with Crippen molar-refractivity contribution in [3.8, 4) is 0 Å². The van der Waals surface area contributed by atoms with Gasteiger partial charge in [0.05, 0.1) is 5.39 Å². The van der Waals surface area contributed by atoms with Gasteiger partial charge in [0.15, 0.2) is 0 Å². The number of carbonyl (C=O) groups excluding carboxylic acids is 1. The molecule has 1 N–H and O–H groups in total. The number of pyridine rings is 1. The van der Waals surface area contributed by atoms with E-state index in [1.165, 1.54) is 10.4 Å². The van der Waals surface area contributed by atoms with Crippen LogP contribution < -0.4 is 10.9 Å². The molecule has 2 aromatic heterocycles. The summed E-state index contributed by atoms with van der Waals surface area (Å²) in [6.45, 7) is 6.50. The van der Waals surface area contributed by atoms with Crippen LogP contribution in [0.5, 0.6) is 0 Å². The predicted octanol–water partition coefficient (Wildman–Crippen LogP) is 3.21. The summed E-state index contributed by atoms with van der Waals surface area (Å²) in [5.41, 5.74) is 1.45. The third-order valence-electron chi connectivity index (χ3n) is 3.38. The molecule has 2 rings (SSSR count). The van der Waals surface area contributed by atoms with Crippen molar-refractivity contribution in [1.29, 1.82) is 0 Å². The van der Waals surface area contributed by atoms with Gasteiger partial charge in [0.25, 0.3) is 5.56 Å². The fourth-order valence-electron chi connectivity index (χ4n) is 2.31. The van der Waals surface area contributed by atoms with E-state index in [2.05, 4.69) is 17.2 Å². The SMILES string of the molecule is CCCCCCNC(=O)n1sc2nc(C)cc(C)c2c1=O. The van der Waals surface area contributed by atoms with Crippen LogP contribution in [0.1, 0.15) is 43.9 Å². The highest BCUT2D eigenvalue weighted by Crippen LogP contribution is 2.18. The van der Waals surface area contributed by atoms with Crippen molar-refractivity contribution < 1.29 is 4.79 Å². The predicted molar refractivity (Wildman–Crippen MR) is 86.3 cm³/mol. The Bertz CT molecular complexity index is 703. The largest absolute Gasteiger partial charge is 0.338 e. The van der Waals surface area contributed by atoms with Gasteiger partial charge in [-0.05, 0) is 43.4 Å². The maximum Gasteiger partial charge on any atom is 0.338 e. The zero-order valence-corrected chi connectivity index (χ0v) is 13.5. The normalized spacial score (nSPS) is 11.0. The molecule has 1 amide bonds. The molecule has 0 aliphatic heterocycles. The zero-order chi connectivity index (χ0) is 15.4. The third kappa shape index (κ3) is 3.50. The first-order valence-corrected chi connectivity index (χ1v) is 8.10. The summed E-state index contributed by atoms with van der Waals surface area (Å²) >= 11 is 1.11. The molecule has 0 saturated heterocycles. The summed E-state index contributed by atoms with van der Waals surface area (Å²) in [5.74, 6) is 0. The number of aromatic nitrogens is 2. The summed E-state index contributed by atoms with van der Waals surface area (Å²) in [6, 6.07) is 1.51. The van der Waals surface area contributed by atoms with Gasteiger partial charge in [-0.15, -0.1) is 0 Å². The Labute approximate surface area is 128 Å². The lowest BCUT2D eigenvalue weighted by molar-refractivity contribution is 0.243. The van der Waals surface area contributed by atoms with Crippen molar-refractivity contribution in [2.75, 3.05) is 6.54 Å². The molecule has 5 nitrogen and oxygen atoms in total. The lowest BCUT2D eigenvalue weighted by Crippen LogP contribution is -2.33. The standard InChI is InChI=1S/C15H21N3O2S/c1-4-5-6-7-8-16-15(20)18-14(19)12-10(2)9-11(3)17-13(12)21-18/h9H,4-8H2,1-3H3,(H,16,20). The summed E-state index contributed by atoms with van der Waals surface area (Å²) in [6.07, 6.45) is 4.36. The molecule has 114 valence electrons. The number of nitrogens with one attached hydrogen (secondary N) is 1. The minimum Gasteiger partial charge on any atom is -0.337 e. The lowest BCUT2D eigenvalue weighted by Gasteiger charge is -2.03. The molecule has 0 aromatic carbocycles. The van der Waals surface area contributed by atoms with Crippen LogP contribution >= 0.6 is 11.5 Å². The maximum absolute atomic E-state index is 12.3. The molecule has 0 aliphatic carbocycles. The van der Waals surface area contributed by atoms with E-state index in [4.69, 9.17) is 0 Å². The molecule has 0 fully saturated rings. The number of fused-ring (bicyclic) bond motifs is 1. The number of rotatable bonds is 5. The molecule has 0 spiro atoms. The fourth-order valence-corrected chi connectivity index (χ4v) is 3.33. The third-order valence-corrected chi connectivity index (χ3v) is 4.36. The van der Waals surface area contributed by atoms with Crippen molar-refractivity contribution in [3.63, 3.8) is 0 Å². The Morgan fingerprint density at radius 1 is 1.33 bits per heavy atom. The maximum atomic E-state index is 12.3. The van der Waals surface area contributed by atoms with Gasteiger partial charge in [-0.2, -0.15) is 3.96 Å². The molecule has 0 bridgehead atoms. The summed E-state index contributed by atoms with van der Waals surface area (Å²) < 4.78 is 1.17. The van der Waals surface area contributed by atoms with Crippen molar-refractivity contribution in [1.82, 2.24) is 14.3 Å². The number of amides is 1. The Kier molecular flexibility index (Phi) is 5.12. The van der Waals surface area contributed by atoms with Crippen LogP contribution in [-0.4, -0.2) is 21.5 Å². The fraction of sp³-hybridized carbons (Fsp3) is 0.533. The number of aryl methyl sites for hydroxylation is 2. The average molecular weight is 307 g/mol. The molecular weight excluding hydrogens is 286 g/mol. The van der Waals surface area contributed by atoms with Gasteiger partial charge in [0.1, 0.15) is 4.83 Å². The van der Waals surface area contributed by atoms with Gasteiger partial charge in [-0.1, -0.05) is 26.2 Å². The van der Waals surface area contributed by atoms with Crippen LogP contribution in [0.4, 0.5) is 4.79 Å². The number of carbonyl (C=O) groups is 1. The van der Waals surface area contributed by atoms with E-state index >= 15 is 0 Å². The van der Waals surface area contributed by atoms with Crippen molar-refractivity contribution >= 4 is 27.8 Å². The zero-order valence-electron chi connectivity index (χ0n) is 12.7. The average Bonchev–Trinajstić information content (AvgIpc) is 2.75. The van der Waals surface area contributed by atoms with Crippen LogP contribution in [0.2, 0.25) is 0 Å².